The lowest BCUT2D eigenvalue weighted by atomic mass is 9.97. The Hall–Kier alpha value is -0.960. The molecule has 16 heavy (non-hydrogen) atoms. The minimum absolute atomic E-state index is 0.613. The number of nitrogens with one attached hydrogen (secondary N) is 1. The minimum atomic E-state index is 0.613. The molecule has 1 aliphatic heterocycles. The molecule has 86 valence electrons. The summed E-state index contributed by atoms with van der Waals surface area (Å²) in [5.41, 5.74) is 2.70. The topological polar surface area (TPSA) is 37.8 Å². The molecule has 1 N–H and O–H groups in total. The first-order valence-electron chi connectivity index (χ1n) is 6.49. The molecule has 3 nitrogen and oxygen atoms in total. The molecule has 0 amide bonds. The molecule has 3 heteroatoms. The van der Waals surface area contributed by atoms with Crippen LogP contribution in [0.3, 0.4) is 0 Å². The van der Waals surface area contributed by atoms with Crippen molar-refractivity contribution in [2.24, 2.45) is 0 Å². The Balaban J connectivity index is 1.74. The van der Waals surface area contributed by atoms with E-state index in [0.29, 0.717) is 6.04 Å². The van der Waals surface area contributed by atoms with E-state index in [1.54, 1.807) is 0 Å². The third-order valence-corrected chi connectivity index (χ3v) is 3.71. The summed E-state index contributed by atoms with van der Waals surface area (Å²) < 4.78 is 0. The summed E-state index contributed by atoms with van der Waals surface area (Å²) in [6.45, 7) is 1.16. The van der Waals surface area contributed by atoms with Crippen LogP contribution in [0.4, 0.5) is 0 Å². The van der Waals surface area contributed by atoms with Gasteiger partial charge in [-0.05, 0) is 50.6 Å². The first-order valence-corrected chi connectivity index (χ1v) is 6.49. The van der Waals surface area contributed by atoms with Crippen LogP contribution in [0, 0.1) is 0 Å². The van der Waals surface area contributed by atoms with Gasteiger partial charge in [0.1, 0.15) is 5.82 Å². The molecule has 0 spiro atoms. The van der Waals surface area contributed by atoms with Gasteiger partial charge in [0.2, 0.25) is 0 Å². The van der Waals surface area contributed by atoms with E-state index in [9.17, 15) is 0 Å². The van der Waals surface area contributed by atoms with Gasteiger partial charge in [-0.15, -0.1) is 0 Å². The van der Waals surface area contributed by atoms with Crippen molar-refractivity contribution in [2.45, 2.75) is 51.0 Å². The molecule has 1 unspecified atom stereocenters. The van der Waals surface area contributed by atoms with E-state index in [0.717, 1.165) is 25.2 Å². The largest absolute Gasteiger partial charge is 0.314 e. The Bertz CT molecular complexity index is 369. The zero-order valence-corrected chi connectivity index (χ0v) is 9.71. The zero-order valence-electron chi connectivity index (χ0n) is 9.71. The summed E-state index contributed by atoms with van der Waals surface area (Å²) in [6.07, 6.45) is 10.6. The van der Waals surface area contributed by atoms with E-state index >= 15 is 0 Å². The molecule has 1 aromatic rings. The van der Waals surface area contributed by atoms with Gasteiger partial charge in [-0.2, -0.15) is 0 Å². The smallest absolute Gasteiger partial charge is 0.130 e. The van der Waals surface area contributed by atoms with E-state index in [4.69, 9.17) is 4.98 Å². The molecule has 0 saturated carbocycles. The van der Waals surface area contributed by atoms with Gasteiger partial charge in [-0.1, -0.05) is 0 Å². The number of aromatic nitrogens is 2. The Morgan fingerprint density at radius 1 is 1.25 bits per heavy atom. The number of hydrogen-bond acceptors (Lipinski definition) is 3. The fourth-order valence-electron chi connectivity index (χ4n) is 2.77. The van der Waals surface area contributed by atoms with Crippen molar-refractivity contribution in [1.29, 1.82) is 0 Å². The van der Waals surface area contributed by atoms with Crippen molar-refractivity contribution < 1.29 is 0 Å². The fraction of sp³-hybridized carbons (Fsp3) is 0.692. The van der Waals surface area contributed by atoms with Crippen LogP contribution in [0.5, 0.6) is 0 Å². The maximum atomic E-state index is 4.73. The van der Waals surface area contributed by atoms with Crippen molar-refractivity contribution in [3.05, 3.63) is 23.3 Å². The highest BCUT2D eigenvalue weighted by molar-refractivity contribution is 5.20. The van der Waals surface area contributed by atoms with E-state index in [-0.39, 0.29) is 0 Å². The Morgan fingerprint density at radius 3 is 3.06 bits per heavy atom. The summed E-state index contributed by atoms with van der Waals surface area (Å²) >= 11 is 0. The summed E-state index contributed by atoms with van der Waals surface area (Å²) in [5.74, 6) is 1.04. The highest BCUT2D eigenvalue weighted by atomic mass is 15.0. The molecule has 2 aliphatic rings. The van der Waals surface area contributed by atoms with E-state index in [1.807, 2.05) is 0 Å². The molecule has 3 rings (SSSR count). The van der Waals surface area contributed by atoms with Crippen molar-refractivity contribution in [2.75, 3.05) is 6.54 Å². The van der Waals surface area contributed by atoms with Crippen molar-refractivity contribution in [3.63, 3.8) is 0 Å². The lowest BCUT2D eigenvalue weighted by molar-refractivity contribution is 0.576. The molecule has 0 aromatic carbocycles. The second kappa shape index (κ2) is 4.50. The average molecular weight is 217 g/mol. The average Bonchev–Trinajstić information content (AvgIpc) is 2.82. The maximum absolute atomic E-state index is 4.73. The summed E-state index contributed by atoms with van der Waals surface area (Å²) in [5, 5.41) is 3.51. The molecular weight excluding hydrogens is 198 g/mol. The summed E-state index contributed by atoms with van der Waals surface area (Å²) in [4.78, 5) is 9.23. The first kappa shape index (κ1) is 10.2. The third kappa shape index (κ3) is 2.09. The van der Waals surface area contributed by atoms with Gasteiger partial charge < -0.3 is 5.32 Å². The third-order valence-electron chi connectivity index (χ3n) is 3.71. The monoisotopic (exact) mass is 217 g/mol. The van der Waals surface area contributed by atoms with Crippen LogP contribution in [0.2, 0.25) is 0 Å². The summed E-state index contributed by atoms with van der Waals surface area (Å²) in [7, 11) is 0. The molecule has 0 radical (unpaired) electrons. The van der Waals surface area contributed by atoms with Gasteiger partial charge in [-0.3, -0.25) is 0 Å². The van der Waals surface area contributed by atoms with Crippen LogP contribution < -0.4 is 5.32 Å². The molecule has 1 fully saturated rings. The van der Waals surface area contributed by atoms with Crippen LogP contribution in [0.15, 0.2) is 6.20 Å². The highest BCUT2D eigenvalue weighted by Gasteiger charge is 2.17. The number of rotatable bonds is 2. The lowest BCUT2D eigenvalue weighted by Crippen LogP contribution is -2.25. The standard InChI is InChI=1S/C13H19N3/c1-2-6-12-10(4-1)9-15-13(16-12)8-11-5-3-7-14-11/h9,11,14H,1-8H2. The molecule has 1 saturated heterocycles. The van der Waals surface area contributed by atoms with Crippen LogP contribution in [0.25, 0.3) is 0 Å². The molecule has 1 aromatic heterocycles. The number of aryl methyl sites for hydroxylation is 2. The Kier molecular flexibility index (Phi) is 2.87. The normalized spacial score (nSPS) is 24.4. The molecule has 1 aliphatic carbocycles. The van der Waals surface area contributed by atoms with Gasteiger partial charge in [0.25, 0.3) is 0 Å². The zero-order chi connectivity index (χ0) is 10.8. The van der Waals surface area contributed by atoms with Gasteiger partial charge in [0.15, 0.2) is 0 Å². The van der Waals surface area contributed by atoms with E-state index in [2.05, 4.69) is 16.5 Å². The minimum Gasteiger partial charge on any atom is -0.314 e. The van der Waals surface area contributed by atoms with Crippen molar-refractivity contribution in [1.82, 2.24) is 15.3 Å². The maximum Gasteiger partial charge on any atom is 0.130 e. The van der Waals surface area contributed by atoms with Gasteiger partial charge in [-0.25, -0.2) is 9.97 Å². The second-order valence-corrected chi connectivity index (χ2v) is 4.96. The molecular formula is C13H19N3. The van der Waals surface area contributed by atoms with Crippen LogP contribution in [0.1, 0.15) is 42.8 Å². The predicted molar refractivity (Wildman–Crippen MR) is 63.4 cm³/mol. The number of nitrogens with zero attached hydrogens (tertiary/aromatic N) is 2. The second-order valence-electron chi connectivity index (χ2n) is 4.96. The first-order chi connectivity index (χ1) is 7.92. The fourth-order valence-corrected chi connectivity index (χ4v) is 2.77. The van der Waals surface area contributed by atoms with E-state index in [1.165, 1.54) is 43.4 Å². The quantitative estimate of drug-likeness (QED) is 0.818. The molecule has 0 bridgehead atoms. The van der Waals surface area contributed by atoms with Gasteiger partial charge in [0, 0.05) is 24.4 Å². The van der Waals surface area contributed by atoms with E-state index < -0.39 is 0 Å². The highest BCUT2D eigenvalue weighted by Crippen LogP contribution is 2.19. The molecule has 2 heterocycles. The lowest BCUT2D eigenvalue weighted by Gasteiger charge is -2.16. The SMILES string of the molecule is c1nc(CC2CCCN2)nc2c1CCCC2. The number of hydrogen-bond donors (Lipinski definition) is 1. The van der Waals surface area contributed by atoms with Gasteiger partial charge >= 0.3 is 0 Å². The van der Waals surface area contributed by atoms with Crippen LogP contribution >= 0.6 is 0 Å². The van der Waals surface area contributed by atoms with Crippen LogP contribution in [-0.4, -0.2) is 22.6 Å². The summed E-state index contributed by atoms with van der Waals surface area (Å²) in [6, 6.07) is 0.613. The van der Waals surface area contributed by atoms with Crippen molar-refractivity contribution in [3.8, 4) is 0 Å². The molecule has 1 atom stereocenters. The Morgan fingerprint density at radius 2 is 2.19 bits per heavy atom. The predicted octanol–water partition coefficient (Wildman–Crippen LogP) is 1.65. The van der Waals surface area contributed by atoms with Crippen LogP contribution in [-0.2, 0) is 19.3 Å². The van der Waals surface area contributed by atoms with Crippen molar-refractivity contribution >= 4 is 0 Å². The Labute approximate surface area is 96.7 Å². The number of fused-ring (bicyclic) bond motifs is 1. The van der Waals surface area contributed by atoms with Gasteiger partial charge in [0.05, 0.1) is 0 Å².